The number of aromatic nitrogens is 1. The maximum atomic E-state index is 12.4. The van der Waals surface area contributed by atoms with Gasteiger partial charge in [-0.3, -0.25) is 4.79 Å². The smallest absolute Gasteiger partial charge is 0.232 e. The van der Waals surface area contributed by atoms with Crippen LogP contribution in [-0.4, -0.2) is 10.9 Å². The number of carbonyl (C=O) groups is 1. The third-order valence-electron chi connectivity index (χ3n) is 4.16. The Morgan fingerprint density at radius 2 is 2.14 bits per heavy atom. The minimum atomic E-state index is -0.233. The van der Waals surface area contributed by atoms with Gasteiger partial charge in [0.1, 0.15) is 0 Å². The first-order valence-corrected chi connectivity index (χ1v) is 8.08. The number of rotatable bonds is 3. The molecular weight excluding hydrogens is 282 g/mol. The van der Waals surface area contributed by atoms with Crippen LogP contribution in [0.25, 0.3) is 11.3 Å². The summed E-state index contributed by atoms with van der Waals surface area (Å²) >= 11 is 1.45. The number of carbonyl (C=O) groups excluding carboxylic acids is 1. The van der Waals surface area contributed by atoms with Gasteiger partial charge >= 0.3 is 0 Å². The summed E-state index contributed by atoms with van der Waals surface area (Å²) in [6.07, 6.45) is 4.20. The van der Waals surface area contributed by atoms with Crippen LogP contribution < -0.4 is 11.1 Å². The molecule has 0 saturated heterocycles. The van der Waals surface area contributed by atoms with Gasteiger partial charge in [-0.15, -0.1) is 11.3 Å². The zero-order valence-corrected chi connectivity index (χ0v) is 12.9. The number of nitrogens with one attached hydrogen (secondary N) is 1. The van der Waals surface area contributed by atoms with Crippen LogP contribution in [0, 0.1) is 5.41 Å². The Morgan fingerprint density at radius 3 is 2.86 bits per heavy atom. The monoisotopic (exact) mass is 301 g/mol. The topological polar surface area (TPSA) is 68.0 Å². The quantitative estimate of drug-likeness (QED) is 0.845. The molecule has 1 fully saturated rings. The summed E-state index contributed by atoms with van der Waals surface area (Å²) in [5.41, 5.74) is 8.09. The Kier molecular flexibility index (Phi) is 3.68. The number of amides is 1. The van der Waals surface area contributed by atoms with E-state index in [2.05, 4.69) is 10.3 Å². The second kappa shape index (κ2) is 5.48. The van der Waals surface area contributed by atoms with Crippen molar-refractivity contribution in [1.82, 2.24) is 4.98 Å². The summed E-state index contributed by atoms with van der Waals surface area (Å²) in [5, 5.41) is 5.57. The molecule has 0 atom stereocenters. The normalized spacial score (nSPS) is 16.8. The number of thiazole rings is 1. The van der Waals surface area contributed by atoms with Crippen LogP contribution in [0.2, 0.25) is 0 Å². The molecule has 1 heterocycles. The lowest BCUT2D eigenvalue weighted by Crippen LogP contribution is -2.30. The number of hydrogen-bond donors (Lipinski definition) is 2. The molecular formula is C16H19N3OS. The van der Waals surface area contributed by atoms with E-state index < -0.39 is 0 Å². The van der Waals surface area contributed by atoms with Crippen molar-refractivity contribution in [1.29, 1.82) is 0 Å². The van der Waals surface area contributed by atoms with Crippen molar-refractivity contribution in [2.45, 2.75) is 32.6 Å². The number of hydrogen-bond acceptors (Lipinski definition) is 4. The van der Waals surface area contributed by atoms with Crippen molar-refractivity contribution >= 4 is 28.1 Å². The molecule has 1 aliphatic rings. The van der Waals surface area contributed by atoms with Gasteiger partial charge in [0.25, 0.3) is 0 Å². The Hall–Kier alpha value is -1.88. The van der Waals surface area contributed by atoms with Gasteiger partial charge in [-0.1, -0.05) is 31.9 Å². The number of benzene rings is 1. The molecule has 0 bridgehead atoms. The molecule has 4 nitrogen and oxygen atoms in total. The van der Waals surface area contributed by atoms with Gasteiger partial charge in [0.2, 0.25) is 5.91 Å². The average Bonchev–Trinajstić information content (AvgIpc) is 3.09. The van der Waals surface area contributed by atoms with Crippen molar-refractivity contribution < 1.29 is 4.79 Å². The number of nitrogens with two attached hydrogens (primary N) is 1. The molecule has 3 N–H and O–H groups in total. The number of nitrogens with zero attached hydrogens (tertiary/aromatic N) is 1. The summed E-state index contributed by atoms with van der Waals surface area (Å²) in [6, 6.07) is 7.61. The highest BCUT2D eigenvalue weighted by Gasteiger charge is 2.36. The molecule has 1 saturated carbocycles. The molecule has 1 aliphatic carbocycles. The van der Waals surface area contributed by atoms with Crippen LogP contribution in [0.5, 0.6) is 0 Å². The van der Waals surface area contributed by atoms with Crippen LogP contribution in [0.1, 0.15) is 32.6 Å². The molecule has 21 heavy (non-hydrogen) atoms. The maximum absolute atomic E-state index is 12.4. The molecule has 0 spiro atoms. The predicted molar refractivity (Wildman–Crippen MR) is 87.2 cm³/mol. The lowest BCUT2D eigenvalue weighted by molar-refractivity contribution is -0.124. The van der Waals surface area contributed by atoms with Crippen molar-refractivity contribution in [2.75, 3.05) is 11.1 Å². The highest BCUT2D eigenvalue weighted by Crippen LogP contribution is 2.38. The first-order chi connectivity index (χ1) is 10.1. The molecule has 0 radical (unpaired) electrons. The SMILES string of the molecule is CC1(C(=O)Nc2nc(-c3cccc(N)c3)cs2)CCCC1. The van der Waals surface area contributed by atoms with Crippen LogP contribution in [-0.2, 0) is 4.79 Å². The lowest BCUT2D eigenvalue weighted by Gasteiger charge is -2.21. The van der Waals surface area contributed by atoms with Gasteiger partial charge < -0.3 is 11.1 Å². The van der Waals surface area contributed by atoms with Gasteiger partial charge in [0.05, 0.1) is 5.69 Å². The molecule has 3 rings (SSSR count). The average molecular weight is 301 g/mol. The fraction of sp³-hybridized carbons (Fsp3) is 0.375. The van der Waals surface area contributed by atoms with Crippen LogP contribution in [0.3, 0.4) is 0 Å². The first kappa shape index (κ1) is 14.1. The Labute approximate surface area is 128 Å². The van der Waals surface area contributed by atoms with E-state index >= 15 is 0 Å². The van der Waals surface area contributed by atoms with Crippen molar-refractivity contribution in [2.24, 2.45) is 5.41 Å². The highest BCUT2D eigenvalue weighted by molar-refractivity contribution is 7.14. The van der Waals surface area contributed by atoms with Crippen molar-refractivity contribution in [3.8, 4) is 11.3 Å². The lowest BCUT2D eigenvalue weighted by atomic mass is 9.88. The van der Waals surface area contributed by atoms with E-state index in [4.69, 9.17) is 5.73 Å². The molecule has 1 aromatic carbocycles. The van der Waals surface area contributed by atoms with E-state index in [0.717, 1.165) is 36.9 Å². The summed E-state index contributed by atoms with van der Waals surface area (Å²) < 4.78 is 0. The Balaban J connectivity index is 1.75. The van der Waals surface area contributed by atoms with E-state index in [1.165, 1.54) is 11.3 Å². The van der Waals surface area contributed by atoms with Gasteiger partial charge in [-0.05, 0) is 25.0 Å². The second-order valence-electron chi connectivity index (χ2n) is 5.89. The summed E-state index contributed by atoms with van der Waals surface area (Å²) in [5.74, 6) is 0.0912. The van der Waals surface area contributed by atoms with E-state index in [9.17, 15) is 4.79 Å². The van der Waals surface area contributed by atoms with Crippen LogP contribution in [0.4, 0.5) is 10.8 Å². The van der Waals surface area contributed by atoms with E-state index in [0.29, 0.717) is 10.8 Å². The zero-order chi connectivity index (χ0) is 14.9. The number of anilines is 2. The molecule has 2 aromatic rings. The molecule has 1 aromatic heterocycles. The van der Waals surface area contributed by atoms with Gasteiger partial charge in [0, 0.05) is 22.0 Å². The largest absolute Gasteiger partial charge is 0.399 e. The fourth-order valence-electron chi connectivity index (χ4n) is 2.79. The van der Waals surface area contributed by atoms with Crippen LogP contribution in [0.15, 0.2) is 29.6 Å². The Morgan fingerprint density at radius 1 is 1.38 bits per heavy atom. The minimum Gasteiger partial charge on any atom is -0.399 e. The van der Waals surface area contributed by atoms with Crippen molar-refractivity contribution in [3.05, 3.63) is 29.6 Å². The van der Waals surface area contributed by atoms with Crippen LogP contribution >= 0.6 is 11.3 Å². The molecule has 0 aliphatic heterocycles. The minimum absolute atomic E-state index is 0.0912. The van der Waals surface area contributed by atoms with E-state index in [1.54, 1.807) is 0 Å². The third kappa shape index (κ3) is 2.93. The summed E-state index contributed by atoms with van der Waals surface area (Å²) in [7, 11) is 0. The van der Waals surface area contributed by atoms with Crippen molar-refractivity contribution in [3.63, 3.8) is 0 Å². The Bertz CT molecular complexity index is 659. The second-order valence-corrected chi connectivity index (χ2v) is 6.74. The molecule has 0 unspecified atom stereocenters. The summed E-state index contributed by atoms with van der Waals surface area (Å²) in [4.78, 5) is 16.9. The fourth-order valence-corrected chi connectivity index (χ4v) is 3.51. The van der Waals surface area contributed by atoms with E-state index in [-0.39, 0.29) is 11.3 Å². The first-order valence-electron chi connectivity index (χ1n) is 7.20. The highest BCUT2D eigenvalue weighted by atomic mass is 32.1. The molecule has 5 heteroatoms. The predicted octanol–water partition coefficient (Wildman–Crippen LogP) is 3.91. The zero-order valence-electron chi connectivity index (χ0n) is 12.1. The van der Waals surface area contributed by atoms with Gasteiger partial charge in [0.15, 0.2) is 5.13 Å². The van der Waals surface area contributed by atoms with Gasteiger partial charge in [-0.25, -0.2) is 4.98 Å². The molecule has 110 valence electrons. The van der Waals surface area contributed by atoms with Gasteiger partial charge in [-0.2, -0.15) is 0 Å². The third-order valence-corrected chi connectivity index (χ3v) is 4.92. The molecule has 1 amide bonds. The summed E-state index contributed by atoms with van der Waals surface area (Å²) in [6.45, 7) is 2.04. The standard InChI is InChI=1S/C16H19N3OS/c1-16(7-2-3-8-16)14(20)19-15-18-13(10-21-15)11-5-4-6-12(17)9-11/h4-6,9-10H,2-3,7-8,17H2,1H3,(H,18,19,20). The van der Waals surface area contributed by atoms with E-state index in [1.807, 2.05) is 36.6 Å². The maximum Gasteiger partial charge on any atom is 0.232 e. The number of nitrogen functional groups attached to an aromatic ring is 1.